The van der Waals surface area contributed by atoms with Crippen LogP contribution in [-0.4, -0.2) is 42.6 Å². The summed E-state index contributed by atoms with van der Waals surface area (Å²) >= 11 is 5.90. The molecule has 1 unspecified atom stereocenters. The number of pyridine rings is 1. The molecule has 2 heterocycles. The first-order valence-electron chi connectivity index (χ1n) is 9.34. The van der Waals surface area contributed by atoms with Gasteiger partial charge in [-0.25, -0.2) is 4.98 Å². The van der Waals surface area contributed by atoms with Crippen LogP contribution in [0, 0.1) is 5.92 Å². The van der Waals surface area contributed by atoms with E-state index < -0.39 is 24.5 Å². The number of carbonyl (C=O) groups is 2. The first-order chi connectivity index (χ1) is 14.2. The van der Waals surface area contributed by atoms with Gasteiger partial charge in [0.1, 0.15) is 12.4 Å². The number of rotatable bonds is 5. The van der Waals surface area contributed by atoms with Crippen LogP contribution in [0.1, 0.15) is 23.2 Å². The van der Waals surface area contributed by atoms with E-state index in [0.29, 0.717) is 41.5 Å². The summed E-state index contributed by atoms with van der Waals surface area (Å²) in [6, 6.07) is 10.0. The van der Waals surface area contributed by atoms with Crippen LogP contribution in [0.15, 0.2) is 42.6 Å². The van der Waals surface area contributed by atoms with Gasteiger partial charge in [0.25, 0.3) is 5.91 Å². The molecule has 1 aliphatic rings. The molecule has 0 saturated carbocycles. The van der Waals surface area contributed by atoms with E-state index in [1.165, 1.54) is 6.20 Å². The molecule has 1 atom stereocenters. The zero-order valence-corrected chi connectivity index (χ0v) is 16.6. The average Bonchev–Trinajstić information content (AvgIpc) is 2.71. The maximum absolute atomic E-state index is 12.4. The SMILES string of the molecule is O=C(Nc1cccc(Cl)c1)c1ccc(N2CCCC(C(=O)NCC(F)(F)F)C2)nc1. The van der Waals surface area contributed by atoms with E-state index in [0.717, 1.165) is 0 Å². The summed E-state index contributed by atoms with van der Waals surface area (Å²) in [6.07, 6.45) is -1.85. The highest BCUT2D eigenvalue weighted by molar-refractivity contribution is 6.30. The van der Waals surface area contributed by atoms with Crippen molar-refractivity contribution in [2.45, 2.75) is 19.0 Å². The predicted molar refractivity (Wildman–Crippen MR) is 108 cm³/mol. The van der Waals surface area contributed by atoms with Crippen molar-refractivity contribution in [2.24, 2.45) is 5.92 Å². The van der Waals surface area contributed by atoms with E-state index in [2.05, 4.69) is 10.3 Å². The maximum atomic E-state index is 12.4. The summed E-state index contributed by atoms with van der Waals surface area (Å²) in [5.41, 5.74) is 0.899. The maximum Gasteiger partial charge on any atom is 0.405 e. The van der Waals surface area contributed by atoms with Crippen LogP contribution in [0.3, 0.4) is 0 Å². The second-order valence-corrected chi connectivity index (χ2v) is 7.42. The van der Waals surface area contributed by atoms with Crippen LogP contribution >= 0.6 is 11.6 Å². The summed E-state index contributed by atoms with van der Waals surface area (Å²) in [6.45, 7) is -0.439. The molecule has 1 aliphatic heterocycles. The van der Waals surface area contributed by atoms with Gasteiger partial charge in [0.05, 0.1) is 11.5 Å². The molecule has 1 fully saturated rings. The van der Waals surface area contributed by atoms with Gasteiger partial charge in [0, 0.05) is 30.0 Å². The van der Waals surface area contributed by atoms with E-state index in [-0.39, 0.29) is 12.5 Å². The Kier molecular flexibility index (Phi) is 6.81. The van der Waals surface area contributed by atoms with E-state index in [1.807, 2.05) is 10.2 Å². The highest BCUT2D eigenvalue weighted by Crippen LogP contribution is 2.23. The fourth-order valence-electron chi connectivity index (χ4n) is 3.21. The van der Waals surface area contributed by atoms with Crippen LogP contribution in [-0.2, 0) is 4.79 Å². The monoisotopic (exact) mass is 440 g/mol. The number of carbonyl (C=O) groups excluding carboxylic acids is 2. The Hall–Kier alpha value is -2.81. The summed E-state index contributed by atoms with van der Waals surface area (Å²) in [7, 11) is 0. The number of amides is 2. The van der Waals surface area contributed by atoms with Crippen molar-refractivity contribution in [2.75, 3.05) is 29.9 Å². The minimum atomic E-state index is -4.44. The van der Waals surface area contributed by atoms with Gasteiger partial charge in [-0.05, 0) is 43.2 Å². The predicted octanol–water partition coefficient (Wildman–Crippen LogP) is 3.88. The molecule has 30 heavy (non-hydrogen) atoms. The third kappa shape index (κ3) is 6.09. The normalized spacial score (nSPS) is 16.8. The van der Waals surface area contributed by atoms with Gasteiger partial charge in [-0.3, -0.25) is 9.59 Å². The first-order valence-corrected chi connectivity index (χ1v) is 9.71. The molecule has 2 amide bonds. The van der Waals surface area contributed by atoms with Gasteiger partial charge < -0.3 is 15.5 Å². The molecular weight excluding hydrogens is 421 g/mol. The van der Waals surface area contributed by atoms with Crippen molar-refractivity contribution in [1.82, 2.24) is 10.3 Å². The van der Waals surface area contributed by atoms with Gasteiger partial charge in [0.2, 0.25) is 5.91 Å². The fraction of sp³-hybridized carbons (Fsp3) is 0.350. The summed E-state index contributed by atoms with van der Waals surface area (Å²) in [5.74, 6) is -0.953. The lowest BCUT2D eigenvalue weighted by atomic mass is 9.97. The van der Waals surface area contributed by atoms with Crippen LogP contribution in [0.25, 0.3) is 0 Å². The molecule has 0 spiro atoms. The average molecular weight is 441 g/mol. The second kappa shape index (κ2) is 9.34. The van der Waals surface area contributed by atoms with Gasteiger partial charge in [-0.15, -0.1) is 0 Å². The minimum Gasteiger partial charge on any atom is -0.356 e. The fourth-order valence-corrected chi connectivity index (χ4v) is 3.40. The quantitative estimate of drug-likeness (QED) is 0.740. The number of aromatic nitrogens is 1. The first kappa shape index (κ1) is 21.9. The molecule has 6 nitrogen and oxygen atoms in total. The van der Waals surface area contributed by atoms with Crippen molar-refractivity contribution in [3.05, 3.63) is 53.2 Å². The molecule has 1 saturated heterocycles. The smallest absolute Gasteiger partial charge is 0.356 e. The second-order valence-electron chi connectivity index (χ2n) is 6.99. The molecule has 2 N–H and O–H groups in total. The Bertz CT molecular complexity index is 906. The number of alkyl halides is 3. The number of nitrogens with one attached hydrogen (secondary N) is 2. The third-order valence-corrected chi connectivity index (χ3v) is 4.91. The van der Waals surface area contributed by atoms with Crippen molar-refractivity contribution in [3.63, 3.8) is 0 Å². The molecule has 0 radical (unpaired) electrons. The van der Waals surface area contributed by atoms with Gasteiger partial charge in [-0.1, -0.05) is 17.7 Å². The lowest BCUT2D eigenvalue weighted by molar-refractivity contribution is -0.140. The topological polar surface area (TPSA) is 74.3 Å². The van der Waals surface area contributed by atoms with Crippen LogP contribution in [0.5, 0.6) is 0 Å². The minimum absolute atomic E-state index is 0.269. The molecular formula is C20H20ClF3N4O2. The Balaban J connectivity index is 1.59. The van der Waals surface area contributed by atoms with E-state index in [9.17, 15) is 22.8 Å². The number of halogens is 4. The lowest BCUT2D eigenvalue weighted by Crippen LogP contribution is -2.45. The molecule has 2 aromatic rings. The standard InChI is InChI=1S/C20H20ClF3N4O2/c21-15-4-1-5-16(9-15)27-19(30)13-6-7-17(25-10-13)28-8-2-3-14(11-28)18(29)26-12-20(22,23)24/h1,4-7,9-10,14H,2-3,8,11-12H2,(H,26,29)(H,27,30). The van der Waals surface area contributed by atoms with Crippen molar-refractivity contribution >= 4 is 34.9 Å². The van der Waals surface area contributed by atoms with Gasteiger partial charge in [0.15, 0.2) is 0 Å². The Morgan fingerprint density at radius 3 is 2.70 bits per heavy atom. The van der Waals surface area contributed by atoms with E-state index in [1.54, 1.807) is 36.4 Å². The van der Waals surface area contributed by atoms with Crippen LogP contribution in [0.4, 0.5) is 24.7 Å². The van der Waals surface area contributed by atoms with Crippen molar-refractivity contribution in [3.8, 4) is 0 Å². The number of hydrogen-bond acceptors (Lipinski definition) is 4. The zero-order chi connectivity index (χ0) is 21.7. The van der Waals surface area contributed by atoms with Gasteiger partial charge >= 0.3 is 6.18 Å². The van der Waals surface area contributed by atoms with Crippen LogP contribution in [0.2, 0.25) is 5.02 Å². The van der Waals surface area contributed by atoms with E-state index >= 15 is 0 Å². The molecule has 10 heteroatoms. The number of nitrogens with zero attached hydrogens (tertiary/aromatic N) is 2. The molecule has 0 aliphatic carbocycles. The summed E-state index contributed by atoms with van der Waals surface area (Å²) in [5, 5.41) is 5.17. The lowest BCUT2D eigenvalue weighted by Gasteiger charge is -2.33. The Morgan fingerprint density at radius 2 is 2.03 bits per heavy atom. The van der Waals surface area contributed by atoms with E-state index in [4.69, 9.17) is 11.6 Å². The number of benzene rings is 1. The summed E-state index contributed by atoms with van der Waals surface area (Å²) < 4.78 is 36.9. The number of hydrogen-bond donors (Lipinski definition) is 2. The number of anilines is 2. The molecule has 1 aromatic heterocycles. The third-order valence-electron chi connectivity index (χ3n) is 4.67. The highest BCUT2D eigenvalue weighted by atomic mass is 35.5. The number of piperidine rings is 1. The molecule has 160 valence electrons. The molecule has 3 rings (SSSR count). The van der Waals surface area contributed by atoms with Crippen molar-refractivity contribution in [1.29, 1.82) is 0 Å². The Labute approximate surface area is 176 Å². The Morgan fingerprint density at radius 1 is 1.23 bits per heavy atom. The largest absolute Gasteiger partial charge is 0.405 e. The zero-order valence-electron chi connectivity index (χ0n) is 15.9. The summed E-state index contributed by atoms with van der Waals surface area (Å²) in [4.78, 5) is 30.5. The van der Waals surface area contributed by atoms with Crippen LogP contribution < -0.4 is 15.5 Å². The van der Waals surface area contributed by atoms with Crippen molar-refractivity contribution < 1.29 is 22.8 Å². The molecule has 0 bridgehead atoms. The van der Waals surface area contributed by atoms with Gasteiger partial charge in [-0.2, -0.15) is 13.2 Å². The highest BCUT2D eigenvalue weighted by Gasteiger charge is 2.31. The molecule has 1 aromatic carbocycles.